The number of halogens is 1. The Balaban J connectivity index is 1.24. The first-order valence-corrected chi connectivity index (χ1v) is 10.9. The van der Waals surface area contributed by atoms with Gasteiger partial charge < -0.3 is 15.4 Å². The van der Waals surface area contributed by atoms with Crippen LogP contribution in [0.1, 0.15) is 23.2 Å². The number of hydrogen-bond donors (Lipinski definition) is 1. The molecule has 2 N–H and O–H groups in total. The number of carbonyl (C=O) groups excluding carboxylic acids is 2. The molecule has 31 heavy (non-hydrogen) atoms. The van der Waals surface area contributed by atoms with Gasteiger partial charge in [0.15, 0.2) is 12.4 Å². The number of benzene rings is 1. The van der Waals surface area contributed by atoms with Crippen LogP contribution in [0, 0.1) is 0 Å². The minimum absolute atomic E-state index is 0.155. The van der Waals surface area contributed by atoms with Crippen molar-refractivity contribution in [2.24, 2.45) is 0 Å². The molecule has 0 saturated carbocycles. The Morgan fingerprint density at radius 1 is 1.06 bits per heavy atom. The predicted octanol–water partition coefficient (Wildman–Crippen LogP) is 2.28. The molecule has 164 valence electrons. The number of amides is 2. The first-order chi connectivity index (χ1) is 15.0. The monoisotopic (exact) mass is 443 g/mol. The number of anilines is 2. The minimum Gasteiger partial charge on any atom is -0.483 e. The third-order valence-corrected chi connectivity index (χ3v) is 5.90. The van der Waals surface area contributed by atoms with Crippen molar-refractivity contribution in [3.63, 3.8) is 0 Å². The van der Waals surface area contributed by atoms with E-state index in [-0.39, 0.29) is 18.4 Å². The largest absolute Gasteiger partial charge is 0.483 e. The highest BCUT2D eigenvalue weighted by Gasteiger charge is 2.29. The number of piperazine rings is 1. The van der Waals surface area contributed by atoms with Crippen LogP contribution in [0.15, 0.2) is 36.5 Å². The van der Waals surface area contributed by atoms with E-state index in [0.29, 0.717) is 28.6 Å². The van der Waals surface area contributed by atoms with Crippen LogP contribution in [0.5, 0.6) is 5.75 Å². The second-order valence-electron chi connectivity index (χ2n) is 7.73. The fourth-order valence-corrected chi connectivity index (χ4v) is 4.12. The number of ether oxygens (including phenoxy) is 1. The summed E-state index contributed by atoms with van der Waals surface area (Å²) in [6.45, 7) is 4.76. The maximum atomic E-state index is 12.8. The fourth-order valence-electron chi connectivity index (χ4n) is 3.96. The molecule has 8 nitrogen and oxygen atoms in total. The second-order valence-corrected chi connectivity index (χ2v) is 8.17. The molecule has 0 bridgehead atoms. The van der Waals surface area contributed by atoms with Crippen LogP contribution in [-0.4, -0.2) is 72.5 Å². The summed E-state index contributed by atoms with van der Waals surface area (Å²) >= 11 is 5.97. The number of fused-ring (bicyclic) bond motifs is 1. The number of hydrogen-bond acceptors (Lipinski definition) is 7. The highest BCUT2D eigenvalue weighted by molar-refractivity contribution is 6.31. The molecule has 1 aromatic heterocycles. The molecule has 2 aromatic rings. The molecule has 1 fully saturated rings. The average molecular weight is 444 g/mol. The van der Waals surface area contributed by atoms with Gasteiger partial charge in [-0.25, -0.2) is 4.98 Å². The minimum atomic E-state index is -0.323. The summed E-state index contributed by atoms with van der Waals surface area (Å²) < 4.78 is 5.48. The Kier molecular flexibility index (Phi) is 6.58. The number of unbranched alkanes of at least 4 members (excludes halogenated alkanes) is 1. The Labute approximate surface area is 186 Å². The summed E-state index contributed by atoms with van der Waals surface area (Å²) in [4.78, 5) is 35.5. The van der Waals surface area contributed by atoms with E-state index in [1.807, 2.05) is 12.1 Å². The standard InChI is InChI=1S/C22H26ClN5O3/c23-16-5-6-17-19(14-16)31-15-20(29)28(22(17)30)9-2-1-8-26-10-12-27(13-11-26)21-18(24)4-3-7-25-21/h3-7,14H,1-2,8-13,15,24H2. The Morgan fingerprint density at radius 3 is 2.61 bits per heavy atom. The van der Waals surface area contributed by atoms with Crippen LogP contribution in [0.2, 0.25) is 5.02 Å². The van der Waals surface area contributed by atoms with Gasteiger partial charge >= 0.3 is 0 Å². The van der Waals surface area contributed by atoms with E-state index in [9.17, 15) is 9.59 Å². The number of nitrogen functional groups attached to an aromatic ring is 1. The Morgan fingerprint density at radius 2 is 1.84 bits per heavy atom. The van der Waals surface area contributed by atoms with Gasteiger partial charge in [-0.2, -0.15) is 0 Å². The van der Waals surface area contributed by atoms with Crippen molar-refractivity contribution < 1.29 is 14.3 Å². The van der Waals surface area contributed by atoms with Crippen molar-refractivity contribution >= 4 is 34.9 Å². The van der Waals surface area contributed by atoms with Crippen LogP contribution < -0.4 is 15.4 Å². The molecule has 2 aliphatic heterocycles. The van der Waals surface area contributed by atoms with Gasteiger partial charge in [-0.15, -0.1) is 0 Å². The van der Waals surface area contributed by atoms with Crippen molar-refractivity contribution in [2.45, 2.75) is 12.8 Å². The van der Waals surface area contributed by atoms with Crippen LogP contribution in [0.3, 0.4) is 0 Å². The molecule has 0 aliphatic carbocycles. The second kappa shape index (κ2) is 9.53. The van der Waals surface area contributed by atoms with Crippen LogP contribution in [-0.2, 0) is 4.79 Å². The Bertz CT molecular complexity index is 962. The summed E-state index contributed by atoms with van der Waals surface area (Å²) in [5.74, 6) is 0.568. The summed E-state index contributed by atoms with van der Waals surface area (Å²) in [6.07, 6.45) is 3.41. The van der Waals surface area contributed by atoms with E-state index in [2.05, 4.69) is 14.8 Å². The zero-order valence-electron chi connectivity index (χ0n) is 17.3. The lowest BCUT2D eigenvalue weighted by Crippen LogP contribution is -2.47. The zero-order valence-corrected chi connectivity index (χ0v) is 18.1. The summed E-state index contributed by atoms with van der Waals surface area (Å²) in [6, 6.07) is 8.53. The van der Waals surface area contributed by atoms with Crippen LogP contribution in [0.4, 0.5) is 11.5 Å². The number of pyridine rings is 1. The molecule has 1 saturated heterocycles. The molecule has 3 heterocycles. The van der Waals surface area contributed by atoms with Gasteiger partial charge in [0.05, 0.1) is 11.3 Å². The number of nitrogens with two attached hydrogens (primary N) is 1. The number of nitrogens with zero attached hydrogens (tertiary/aromatic N) is 4. The smallest absolute Gasteiger partial charge is 0.267 e. The molecular formula is C22H26ClN5O3. The molecule has 0 unspecified atom stereocenters. The molecule has 2 amide bonds. The zero-order chi connectivity index (χ0) is 21.8. The van der Waals surface area contributed by atoms with Crippen LogP contribution >= 0.6 is 11.6 Å². The molecule has 2 aliphatic rings. The van der Waals surface area contributed by atoms with Gasteiger partial charge in [0.1, 0.15) is 5.75 Å². The first-order valence-electron chi connectivity index (χ1n) is 10.5. The maximum Gasteiger partial charge on any atom is 0.267 e. The summed E-state index contributed by atoms with van der Waals surface area (Å²) in [7, 11) is 0. The fraction of sp³-hybridized carbons (Fsp3) is 0.409. The van der Waals surface area contributed by atoms with E-state index in [1.165, 1.54) is 4.90 Å². The molecular weight excluding hydrogens is 418 g/mol. The van der Waals surface area contributed by atoms with Gasteiger partial charge in [-0.1, -0.05) is 11.6 Å². The molecule has 0 radical (unpaired) electrons. The van der Waals surface area contributed by atoms with Crippen LogP contribution in [0.25, 0.3) is 0 Å². The lowest BCUT2D eigenvalue weighted by molar-refractivity contribution is -0.130. The van der Waals surface area contributed by atoms with Crippen molar-refractivity contribution in [3.05, 3.63) is 47.1 Å². The van der Waals surface area contributed by atoms with E-state index in [4.69, 9.17) is 22.1 Å². The van der Waals surface area contributed by atoms with E-state index < -0.39 is 0 Å². The topological polar surface area (TPSA) is 92.0 Å². The van der Waals surface area contributed by atoms with Gasteiger partial charge in [0, 0.05) is 43.9 Å². The lowest BCUT2D eigenvalue weighted by atomic mass is 10.1. The van der Waals surface area contributed by atoms with Gasteiger partial charge in [-0.05, 0) is 49.7 Å². The normalized spacial score (nSPS) is 17.3. The quantitative estimate of drug-likeness (QED) is 0.540. The number of carbonyl (C=O) groups is 2. The molecule has 9 heteroatoms. The third-order valence-electron chi connectivity index (χ3n) is 5.67. The maximum absolute atomic E-state index is 12.8. The average Bonchev–Trinajstić information content (AvgIpc) is 2.88. The highest BCUT2D eigenvalue weighted by atomic mass is 35.5. The van der Waals surface area contributed by atoms with Crippen molar-refractivity contribution in [1.82, 2.24) is 14.8 Å². The summed E-state index contributed by atoms with van der Waals surface area (Å²) in [5.41, 5.74) is 7.11. The molecule has 1 aromatic carbocycles. The molecule has 4 rings (SSSR count). The van der Waals surface area contributed by atoms with E-state index in [1.54, 1.807) is 24.4 Å². The number of imide groups is 1. The molecule has 0 spiro atoms. The van der Waals surface area contributed by atoms with Gasteiger partial charge in [0.2, 0.25) is 0 Å². The van der Waals surface area contributed by atoms with E-state index in [0.717, 1.165) is 51.4 Å². The van der Waals surface area contributed by atoms with Crippen molar-refractivity contribution in [1.29, 1.82) is 0 Å². The lowest BCUT2D eigenvalue weighted by Gasteiger charge is -2.35. The predicted molar refractivity (Wildman–Crippen MR) is 120 cm³/mol. The first kappa shape index (κ1) is 21.4. The summed E-state index contributed by atoms with van der Waals surface area (Å²) in [5, 5.41) is 0.471. The van der Waals surface area contributed by atoms with Gasteiger partial charge in [0.25, 0.3) is 11.8 Å². The Hall–Kier alpha value is -2.84. The third kappa shape index (κ3) is 4.91. The SMILES string of the molecule is Nc1cccnc1N1CCN(CCCCN2C(=O)COc3cc(Cl)ccc3C2=O)CC1. The highest BCUT2D eigenvalue weighted by Crippen LogP contribution is 2.27. The number of aromatic nitrogens is 1. The van der Waals surface area contributed by atoms with Gasteiger partial charge in [-0.3, -0.25) is 19.4 Å². The molecule has 0 atom stereocenters. The van der Waals surface area contributed by atoms with E-state index >= 15 is 0 Å². The van der Waals surface area contributed by atoms with Crippen molar-refractivity contribution in [3.8, 4) is 5.75 Å². The number of rotatable bonds is 6. The van der Waals surface area contributed by atoms with Crippen molar-refractivity contribution in [2.75, 3.05) is 56.5 Å².